The summed E-state index contributed by atoms with van der Waals surface area (Å²) in [7, 11) is 0. The molecule has 0 aliphatic rings. The first-order valence-electron chi connectivity index (χ1n) is 4.48. The van der Waals surface area contributed by atoms with Crippen LogP contribution in [-0.2, 0) is 6.54 Å². The van der Waals surface area contributed by atoms with Gasteiger partial charge < -0.3 is 9.84 Å². The van der Waals surface area contributed by atoms with Crippen molar-refractivity contribution in [3.63, 3.8) is 0 Å². The molecule has 5 heteroatoms. The molecule has 0 aromatic carbocycles. The Labute approximate surface area is 90.9 Å². The van der Waals surface area contributed by atoms with E-state index in [0.717, 1.165) is 5.56 Å². The fourth-order valence-corrected chi connectivity index (χ4v) is 1.81. The molecule has 2 heterocycles. The van der Waals surface area contributed by atoms with E-state index in [1.807, 2.05) is 16.8 Å². The first-order chi connectivity index (χ1) is 7.25. The standard InChI is InChI=1S/C10H10N2O2S/c1-7-4-9(12-14-7)10(13)11-5-8-2-3-15-6-8/h2-4,6H,5H2,1H3,(H,11,13). The molecule has 0 aliphatic carbocycles. The fourth-order valence-electron chi connectivity index (χ4n) is 1.14. The normalized spacial score (nSPS) is 10.2. The van der Waals surface area contributed by atoms with Gasteiger partial charge in [-0.2, -0.15) is 11.3 Å². The molecule has 4 nitrogen and oxygen atoms in total. The van der Waals surface area contributed by atoms with Gasteiger partial charge in [-0.15, -0.1) is 0 Å². The maximum Gasteiger partial charge on any atom is 0.273 e. The van der Waals surface area contributed by atoms with Crippen molar-refractivity contribution in [2.75, 3.05) is 0 Å². The van der Waals surface area contributed by atoms with E-state index in [1.54, 1.807) is 24.3 Å². The molecule has 78 valence electrons. The summed E-state index contributed by atoms with van der Waals surface area (Å²) in [6, 6.07) is 3.59. The molecule has 0 saturated carbocycles. The van der Waals surface area contributed by atoms with E-state index in [-0.39, 0.29) is 5.91 Å². The van der Waals surface area contributed by atoms with Crippen LogP contribution >= 0.6 is 11.3 Å². The number of carbonyl (C=O) groups is 1. The summed E-state index contributed by atoms with van der Waals surface area (Å²) in [5.74, 6) is 0.425. The molecular formula is C10H10N2O2S. The number of carbonyl (C=O) groups excluding carboxylic acids is 1. The highest BCUT2D eigenvalue weighted by Crippen LogP contribution is 2.06. The second kappa shape index (κ2) is 4.27. The largest absolute Gasteiger partial charge is 0.361 e. The third-order valence-corrected chi connectivity index (χ3v) is 2.63. The molecule has 0 saturated heterocycles. The average molecular weight is 222 g/mol. The lowest BCUT2D eigenvalue weighted by Crippen LogP contribution is -2.22. The summed E-state index contributed by atoms with van der Waals surface area (Å²) < 4.78 is 4.81. The zero-order chi connectivity index (χ0) is 10.7. The van der Waals surface area contributed by atoms with Crippen LogP contribution < -0.4 is 5.32 Å². The molecule has 15 heavy (non-hydrogen) atoms. The Balaban J connectivity index is 1.93. The average Bonchev–Trinajstić information content (AvgIpc) is 2.84. The van der Waals surface area contributed by atoms with E-state index in [9.17, 15) is 4.79 Å². The first kappa shape index (κ1) is 9.92. The van der Waals surface area contributed by atoms with E-state index in [4.69, 9.17) is 4.52 Å². The molecule has 2 rings (SSSR count). The third-order valence-electron chi connectivity index (χ3n) is 1.89. The van der Waals surface area contributed by atoms with Crippen LogP contribution in [0.15, 0.2) is 27.4 Å². The van der Waals surface area contributed by atoms with Gasteiger partial charge in [0.2, 0.25) is 0 Å². The van der Waals surface area contributed by atoms with Gasteiger partial charge in [-0.05, 0) is 29.3 Å². The molecule has 0 unspecified atom stereocenters. The van der Waals surface area contributed by atoms with E-state index in [1.165, 1.54) is 0 Å². The summed E-state index contributed by atoms with van der Waals surface area (Å²) in [6.07, 6.45) is 0. The van der Waals surface area contributed by atoms with Gasteiger partial charge in [-0.1, -0.05) is 5.16 Å². The lowest BCUT2D eigenvalue weighted by molar-refractivity contribution is 0.0942. The van der Waals surface area contributed by atoms with Crippen LogP contribution in [0, 0.1) is 6.92 Å². The summed E-state index contributed by atoms with van der Waals surface area (Å²) in [4.78, 5) is 11.5. The number of hydrogen-bond donors (Lipinski definition) is 1. The monoisotopic (exact) mass is 222 g/mol. The number of amides is 1. The number of hydrogen-bond acceptors (Lipinski definition) is 4. The number of aryl methyl sites for hydroxylation is 1. The molecular weight excluding hydrogens is 212 g/mol. The molecule has 1 N–H and O–H groups in total. The summed E-state index contributed by atoms with van der Waals surface area (Å²) in [6.45, 7) is 2.27. The quantitative estimate of drug-likeness (QED) is 0.863. The van der Waals surface area contributed by atoms with Gasteiger partial charge in [0, 0.05) is 12.6 Å². The summed E-state index contributed by atoms with van der Waals surface area (Å²) in [5.41, 5.74) is 1.41. The minimum absolute atomic E-state index is 0.210. The van der Waals surface area contributed by atoms with Gasteiger partial charge in [0.15, 0.2) is 5.69 Å². The predicted molar refractivity (Wildman–Crippen MR) is 56.7 cm³/mol. The van der Waals surface area contributed by atoms with E-state index < -0.39 is 0 Å². The zero-order valence-electron chi connectivity index (χ0n) is 8.19. The molecule has 2 aromatic rings. The van der Waals surface area contributed by atoms with Crippen molar-refractivity contribution in [1.29, 1.82) is 0 Å². The van der Waals surface area contributed by atoms with Crippen LogP contribution in [0.1, 0.15) is 21.8 Å². The van der Waals surface area contributed by atoms with Gasteiger partial charge >= 0.3 is 0 Å². The Bertz CT molecular complexity index is 448. The first-order valence-corrected chi connectivity index (χ1v) is 5.42. The van der Waals surface area contributed by atoms with Crippen molar-refractivity contribution in [2.24, 2.45) is 0 Å². The SMILES string of the molecule is Cc1cc(C(=O)NCc2ccsc2)no1. The Morgan fingerprint density at radius 3 is 3.13 bits per heavy atom. The molecule has 0 bridgehead atoms. The van der Waals surface area contributed by atoms with Crippen molar-refractivity contribution in [3.8, 4) is 0 Å². The van der Waals surface area contributed by atoms with Crippen molar-refractivity contribution in [3.05, 3.63) is 39.9 Å². The smallest absolute Gasteiger partial charge is 0.273 e. The second-order valence-corrected chi connectivity index (χ2v) is 3.92. The lowest BCUT2D eigenvalue weighted by Gasteiger charge is -1.99. The minimum Gasteiger partial charge on any atom is -0.361 e. The Kier molecular flexibility index (Phi) is 2.82. The number of thiophene rings is 1. The van der Waals surface area contributed by atoms with Crippen LogP contribution in [0.4, 0.5) is 0 Å². The van der Waals surface area contributed by atoms with Gasteiger partial charge in [-0.25, -0.2) is 0 Å². The van der Waals surface area contributed by atoms with Crippen molar-refractivity contribution in [2.45, 2.75) is 13.5 Å². The van der Waals surface area contributed by atoms with E-state index in [2.05, 4.69) is 10.5 Å². The van der Waals surface area contributed by atoms with Gasteiger partial charge in [-0.3, -0.25) is 4.79 Å². The van der Waals surface area contributed by atoms with Crippen molar-refractivity contribution < 1.29 is 9.32 Å². The van der Waals surface area contributed by atoms with Gasteiger partial charge in [0.05, 0.1) is 0 Å². The second-order valence-electron chi connectivity index (χ2n) is 3.14. The van der Waals surface area contributed by atoms with Crippen LogP contribution in [0.25, 0.3) is 0 Å². The van der Waals surface area contributed by atoms with Crippen molar-refractivity contribution in [1.82, 2.24) is 10.5 Å². The Morgan fingerprint density at radius 1 is 1.67 bits per heavy atom. The lowest BCUT2D eigenvalue weighted by atomic mass is 10.3. The highest BCUT2D eigenvalue weighted by Gasteiger charge is 2.09. The van der Waals surface area contributed by atoms with E-state index >= 15 is 0 Å². The Hall–Kier alpha value is -1.62. The van der Waals surface area contributed by atoms with Crippen LogP contribution in [0.2, 0.25) is 0 Å². The van der Waals surface area contributed by atoms with Crippen molar-refractivity contribution >= 4 is 17.2 Å². The number of nitrogens with one attached hydrogen (secondary N) is 1. The maximum atomic E-state index is 11.5. The van der Waals surface area contributed by atoms with Gasteiger partial charge in [0.25, 0.3) is 5.91 Å². The van der Waals surface area contributed by atoms with Gasteiger partial charge in [0.1, 0.15) is 5.76 Å². The fraction of sp³-hybridized carbons (Fsp3) is 0.200. The zero-order valence-corrected chi connectivity index (χ0v) is 9.00. The summed E-state index contributed by atoms with van der Waals surface area (Å²) in [5, 5.41) is 10.4. The molecule has 0 radical (unpaired) electrons. The van der Waals surface area contributed by atoms with Crippen LogP contribution in [-0.4, -0.2) is 11.1 Å². The number of nitrogens with zero attached hydrogens (tertiary/aromatic N) is 1. The maximum absolute atomic E-state index is 11.5. The highest BCUT2D eigenvalue weighted by atomic mass is 32.1. The molecule has 0 fully saturated rings. The predicted octanol–water partition coefficient (Wildman–Crippen LogP) is 1.97. The molecule has 0 atom stereocenters. The number of rotatable bonds is 3. The topological polar surface area (TPSA) is 55.1 Å². The van der Waals surface area contributed by atoms with E-state index in [0.29, 0.717) is 18.0 Å². The molecule has 0 spiro atoms. The molecule has 0 aliphatic heterocycles. The molecule has 2 aromatic heterocycles. The third kappa shape index (κ3) is 2.44. The van der Waals surface area contributed by atoms with Crippen LogP contribution in [0.3, 0.4) is 0 Å². The molecule has 1 amide bonds. The minimum atomic E-state index is -0.210. The number of aromatic nitrogens is 1. The van der Waals surface area contributed by atoms with Crippen LogP contribution in [0.5, 0.6) is 0 Å². The highest BCUT2D eigenvalue weighted by molar-refractivity contribution is 7.07. The Morgan fingerprint density at radius 2 is 2.53 bits per heavy atom. The summed E-state index contributed by atoms with van der Waals surface area (Å²) >= 11 is 1.61.